The number of hydrogen-bond donors (Lipinski definition) is 2. The van der Waals surface area contributed by atoms with Crippen molar-refractivity contribution in [1.29, 1.82) is 0 Å². The van der Waals surface area contributed by atoms with Crippen LogP contribution >= 0.6 is 11.3 Å². The Morgan fingerprint density at radius 3 is 2.83 bits per heavy atom. The molecule has 0 amide bonds. The molecule has 1 aliphatic heterocycles. The number of benzene rings is 1. The number of rotatable bonds is 6. The fraction of sp³-hybridized carbons (Fsp3) is 0.474. The van der Waals surface area contributed by atoms with E-state index in [4.69, 9.17) is 0 Å². The topological polar surface area (TPSA) is 35.5 Å². The average Bonchev–Trinajstić information content (AvgIpc) is 3.25. The molecule has 124 valence electrons. The third kappa shape index (κ3) is 4.01. The second-order valence-electron chi connectivity index (χ2n) is 6.73. The van der Waals surface area contributed by atoms with E-state index in [9.17, 15) is 5.11 Å². The molecule has 0 bridgehead atoms. The molecule has 3 nitrogen and oxygen atoms in total. The standard InChI is InChI=1S/C19H26N2OS/c1-15(16-6-4-3-5-7-16)21-10-8-18(12-21)20-14-19(2,22)17-9-11-23-13-17/h3-7,9,11,13,15,18,20,22H,8,10,12,14H2,1-2H3. The van der Waals surface area contributed by atoms with Crippen LogP contribution in [-0.2, 0) is 5.60 Å². The van der Waals surface area contributed by atoms with Gasteiger partial charge in [0.15, 0.2) is 0 Å². The van der Waals surface area contributed by atoms with Gasteiger partial charge < -0.3 is 10.4 Å². The highest BCUT2D eigenvalue weighted by Crippen LogP contribution is 2.26. The van der Waals surface area contributed by atoms with Crippen LogP contribution in [0.3, 0.4) is 0 Å². The Morgan fingerprint density at radius 2 is 2.13 bits per heavy atom. The van der Waals surface area contributed by atoms with Crippen molar-refractivity contribution in [2.75, 3.05) is 19.6 Å². The highest BCUT2D eigenvalue weighted by atomic mass is 32.1. The van der Waals surface area contributed by atoms with Crippen molar-refractivity contribution < 1.29 is 5.11 Å². The minimum absolute atomic E-state index is 0.445. The third-order valence-corrected chi connectivity index (χ3v) is 5.61. The molecule has 23 heavy (non-hydrogen) atoms. The molecule has 1 saturated heterocycles. The number of thiophene rings is 1. The van der Waals surface area contributed by atoms with E-state index in [0.29, 0.717) is 18.6 Å². The van der Waals surface area contributed by atoms with Crippen molar-refractivity contribution >= 4 is 11.3 Å². The van der Waals surface area contributed by atoms with E-state index < -0.39 is 5.60 Å². The molecule has 2 aromatic rings. The van der Waals surface area contributed by atoms with E-state index in [1.165, 1.54) is 5.56 Å². The van der Waals surface area contributed by atoms with Gasteiger partial charge in [-0.3, -0.25) is 4.90 Å². The van der Waals surface area contributed by atoms with Gasteiger partial charge in [0.05, 0.1) is 5.60 Å². The van der Waals surface area contributed by atoms with Crippen LogP contribution in [0, 0.1) is 0 Å². The molecule has 4 heteroatoms. The second kappa shape index (κ2) is 7.14. The maximum Gasteiger partial charge on any atom is 0.1000 e. The largest absolute Gasteiger partial charge is 0.384 e. The summed E-state index contributed by atoms with van der Waals surface area (Å²) in [6.45, 7) is 6.91. The summed E-state index contributed by atoms with van der Waals surface area (Å²) in [7, 11) is 0. The van der Waals surface area contributed by atoms with E-state index >= 15 is 0 Å². The highest BCUT2D eigenvalue weighted by Gasteiger charge is 2.29. The van der Waals surface area contributed by atoms with Gasteiger partial charge in [0, 0.05) is 31.7 Å². The lowest BCUT2D eigenvalue weighted by atomic mass is 9.99. The van der Waals surface area contributed by atoms with E-state index in [2.05, 4.69) is 47.5 Å². The van der Waals surface area contributed by atoms with Gasteiger partial charge >= 0.3 is 0 Å². The Labute approximate surface area is 143 Å². The lowest BCUT2D eigenvalue weighted by Crippen LogP contribution is -2.42. The van der Waals surface area contributed by atoms with E-state index in [1.54, 1.807) is 11.3 Å². The molecule has 1 aliphatic rings. The van der Waals surface area contributed by atoms with Crippen molar-refractivity contribution in [2.45, 2.75) is 38.0 Å². The van der Waals surface area contributed by atoms with Gasteiger partial charge in [-0.1, -0.05) is 30.3 Å². The molecular formula is C19H26N2OS. The van der Waals surface area contributed by atoms with Crippen LogP contribution in [-0.4, -0.2) is 35.7 Å². The molecule has 1 aromatic heterocycles. The first kappa shape index (κ1) is 16.7. The summed E-state index contributed by atoms with van der Waals surface area (Å²) < 4.78 is 0. The minimum atomic E-state index is -0.793. The first-order valence-electron chi connectivity index (χ1n) is 8.34. The van der Waals surface area contributed by atoms with E-state index in [1.807, 2.05) is 23.8 Å². The minimum Gasteiger partial charge on any atom is -0.384 e. The number of aliphatic hydroxyl groups is 1. The monoisotopic (exact) mass is 330 g/mol. The van der Waals surface area contributed by atoms with Crippen molar-refractivity contribution in [2.24, 2.45) is 0 Å². The second-order valence-corrected chi connectivity index (χ2v) is 7.51. The van der Waals surface area contributed by atoms with Crippen LogP contribution in [0.25, 0.3) is 0 Å². The van der Waals surface area contributed by atoms with Crippen LogP contribution in [0.4, 0.5) is 0 Å². The lowest BCUT2D eigenvalue weighted by molar-refractivity contribution is 0.0543. The summed E-state index contributed by atoms with van der Waals surface area (Å²) in [4.78, 5) is 2.52. The molecule has 0 saturated carbocycles. The molecule has 2 N–H and O–H groups in total. The van der Waals surface area contributed by atoms with Crippen LogP contribution in [0.5, 0.6) is 0 Å². The van der Waals surface area contributed by atoms with Crippen molar-refractivity contribution in [1.82, 2.24) is 10.2 Å². The molecule has 0 aliphatic carbocycles. The van der Waals surface area contributed by atoms with Crippen molar-refractivity contribution in [3.63, 3.8) is 0 Å². The van der Waals surface area contributed by atoms with E-state index in [0.717, 1.165) is 25.1 Å². The quantitative estimate of drug-likeness (QED) is 0.852. The van der Waals surface area contributed by atoms with Gasteiger partial charge in [0.2, 0.25) is 0 Å². The number of nitrogens with one attached hydrogen (secondary N) is 1. The maximum atomic E-state index is 10.6. The molecule has 1 fully saturated rings. The number of hydrogen-bond acceptors (Lipinski definition) is 4. The Morgan fingerprint density at radius 1 is 1.35 bits per heavy atom. The molecule has 3 rings (SSSR count). The summed E-state index contributed by atoms with van der Waals surface area (Å²) in [6.07, 6.45) is 1.14. The number of nitrogens with zero attached hydrogens (tertiary/aromatic N) is 1. The summed E-state index contributed by atoms with van der Waals surface area (Å²) >= 11 is 1.63. The molecule has 0 spiro atoms. The van der Waals surface area contributed by atoms with Crippen molar-refractivity contribution in [3.8, 4) is 0 Å². The first-order valence-corrected chi connectivity index (χ1v) is 9.28. The van der Waals surface area contributed by atoms with E-state index in [-0.39, 0.29) is 0 Å². The predicted octanol–water partition coefficient (Wildman–Crippen LogP) is 3.38. The van der Waals surface area contributed by atoms with Gasteiger partial charge in [-0.2, -0.15) is 11.3 Å². The fourth-order valence-corrected chi connectivity index (χ4v) is 4.05. The Balaban J connectivity index is 1.52. The van der Waals surface area contributed by atoms with Gasteiger partial charge in [-0.15, -0.1) is 0 Å². The third-order valence-electron chi connectivity index (χ3n) is 4.93. The average molecular weight is 330 g/mol. The SMILES string of the molecule is CC(c1ccccc1)N1CCC(NCC(C)(O)c2ccsc2)C1. The van der Waals surface area contributed by atoms with Crippen LogP contribution < -0.4 is 5.32 Å². The zero-order valence-electron chi connectivity index (χ0n) is 13.9. The first-order chi connectivity index (χ1) is 11.1. The van der Waals surface area contributed by atoms with Crippen LogP contribution in [0.2, 0.25) is 0 Å². The smallest absolute Gasteiger partial charge is 0.1000 e. The molecule has 0 radical (unpaired) electrons. The molecule has 1 aromatic carbocycles. The summed E-state index contributed by atoms with van der Waals surface area (Å²) in [6, 6.07) is 13.6. The zero-order valence-corrected chi connectivity index (χ0v) is 14.7. The predicted molar refractivity (Wildman–Crippen MR) is 96.7 cm³/mol. The summed E-state index contributed by atoms with van der Waals surface area (Å²) in [5, 5.41) is 18.2. The molecule has 3 unspecified atom stereocenters. The van der Waals surface area contributed by atoms with Crippen LogP contribution in [0.1, 0.15) is 37.4 Å². The maximum absolute atomic E-state index is 10.6. The molecular weight excluding hydrogens is 304 g/mol. The summed E-state index contributed by atoms with van der Waals surface area (Å²) in [5.41, 5.74) is 1.58. The van der Waals surface area contributed by atoms with Crippen LogP contribution in [0.15, 0.2) is 47.2 Å². The molecule has 2 heterocycles. The zero-order chi connectivity index (χ0) is 16.3. The Bertz CT molecular complexity index is 597. The normalized spacial score (nSPS) is 22.8. The van der Waals surface area contributed by atoms with Gasteiger partial charge in [0.1, 0.15) is 0 Å². The highest BCUT2D eigenvalue weighted by molar-refractivity contribution is 7.08. The lowest BCUT2D eigenvalue weighted by Gasteiger charge is -2.27. The Hall–Kier alpha value is -1.20. The van der Waals surface area contributed by atoms with Crippen molar-refractivity contribution in [3.05, 3.63) is 58.3 Å². The van der Waals surface area contributed by atoms with Gasteiger partial charge in [0.25, 0.3) is 0 Å². The van der Waals surface area contributed by atoms with Gasteiger partial charge in [-0.25, -0.2) is 0 Å². The molecule has 3 atom stereocenters. The number of likely N-dealkylation sites (tertiary alicyclic amines) is 1. The van der Waals surface area contributed by atoms with Gasteiger partial charge in [-0.05, 0) is 48.2 Å². The Kier molecular flexibility index (Phi) is 5.17. The fourth-order valence-electron chi connectivity index (χ4n) is 3.26. The summed E-state index contributed by atoms with van der Waals surface area (Å²) in [5.74, 6) is 0.